The molecule has 9 heteroatoms. The molecule has 0 aliphatic heterocycles. The highest BCUT2D eigenvalue weighted by atomic mass is 35.5. The summed E-state index contributed by atoms with van der Waals surface area (Å²) in [5.74, 6) is -0.365. The van der Waals surface area contributed by atoms with Gasteiger partial charge in [0.15, 0.2) is 5.75 Å². The fraction of sp³-hybridized carbons (Fsp3) is 0.0323. The number of nitrogens with zero attached hydrogens (tertiary/aromatic N) is 4. The van der Waals surface area contributed by atoms with Gasteiger partial charge in [-0.2, -0.15) is 0 Å². The lowest BCUT2D eigenvalue weighted by Crippen LogP contribution is -2.24. The normalized spacial score (nSPS) is 11.8. The minimum Gasteiger partial charge on any atom is -0.326 e. The summed E-state index contributed by atoms with van der Waals surface area (Å²) < 4.78 is 3.41. The molecule has 1 atom stereocenters. The molecular weight excluding hydrogens is 528 g/mol. The number of hydrogen-bond donors (Lipinski definition) is 0. The molecule has 0 N–H and O–H groups in total. The van der Waals surface area contributed by atoms with Gasteiger partial charge in [-0.25, -0.2) is 4.98 Å². The summed E-state index contributed by atoms with van der Waals surface area (Å²) in [6.07, 6.45) is 5.30. The van der Waals surface area contributed by atoms with Crippen LogP contribution in [0.4, 0.5) is 0 Å². The van der Waals surface area contributed by atoms with E-state index in [0.29, 0.717) is 32.7 Å². The molecule has 196 valence electrons. The van der Waals surface area contributed by atoms with Crippen LogP contribution < -0.4 is 10.4 Å². The van der Waals surface area contributed by atoms with E-state index in [1.165, 1.54) is 4.57 Å². The molecule has 0 saturated heterocycles. The molecule has 2 aromatic heterocycles. The molecule has 40 heavy (non-hydrogen) atoms. The molecule has 0 amide bonds. The molecular formula is C31H21ClN4O4. The van der Waals surface area contributed by atoms with Crippen LogP contribution in [0.15, 0.2) is 127 Å². The summed E-state index contributed by atoms with van der Waals surface area (Å²) in [4.78, 5) is 34.8. The number of benzene rings is 4. The summed E-state index contributed by atoms with van der Waals surface area (Å²) >= 11 is 6.18. The maximum Gasteiger partial charge on any atom is 0.300 e. The van der Waals surface area contributed by atoms with Gasteiger partial charge in [0.05, 0.1) is 17.9 Å². The van der Waals surface area contributed by atoms with Crippen molar-refractivity contribution < 1.29 is 9.92 Å². The van der Waals surface area contributed by atoms with E-state index in [9.17, 15) is 14.9 Å². The number of aromatic nitrogens is 3. The summed E-state index contributed by atoms with van der Waals surface area (Å²) in [5.41, 5.74) is 3.29. The van der Waals surface area contributed by atoms with Gasteiger partial charge in [-0.1, -0.05) is 78.3 Å². The highest BCUT2D eigenvalue weighted by Crippen LogP contribution is 2.38. The second-order valence-corrected chi connectivity index (χ2v) is 9.54. The zero-order valence-electron chi connectivity index (χ0n) is 20.9. The lowest BCUT2D eigenvalue weighted by atomic mass is 9.93. The average Bonchev–Trinajstić information content (AvgIpc) is 3.50. The Balaban J connectivity index is 1.72. The van der Waals surface area contributed by atoms with Crippen LogP contribution in [0.2, 0.25) is 5.02 Å². The predicted molar refractivity (Wildman–Crippen MR) is 154 cm³/mol. The Morgan fingerprint density at radius 3 is 2.20 bits per heavy atom. The summed E-state index contributed by atoms with van der Waals surface area (Å²) in [7, 11) is 0. The second kappa shape index (κ2) is 10.5. The Morgan fingerprint density at radius 1 is 0.875 bits per heavy atom. The van der Waals surface area contributed by atoms with Crippen molar-refractivity contribution in [1.82, 2.24) is 14.1 Å². The van der Waals surface area contributed by atoms with Crippen LogP contribution in [-0.4, -0.2) is 19.2 Å². The molecule has 2 heterocycles. The van der Waals surface area contributed by atoms with E-state index in [-0.39, 0.29) is 11.8 Å². The lowest BCUT2D eigenvalue weighted by Gasteiger charge is -2.22. The van der Waals surface area contributed by atoms with Crippen LogP contribution in [0, 0.1) is 10.1 Å². The van der Waals surface area contributed by atoms with Crippen molar-refractivity contribution in [2.75, 3.05) is 0 Å². The van der Waals surface area contributed by atoms with Crippen LogP contribution in [-0.2, 0) is 0 Å². The van der Waals surface area contributed by atoms with Gasteiger partial charge in [-0.05, 0) is 53.1 Å². The first-order valence-corrected chi connectivity index (χ1v) is 12.8. The smallest absolute Gasteiger partial charge is 0.300 e. The van der Waals surface area contributed by atoms with Crippen molar-refractivity contribution in [3.63, 3.8) is 0 Å². The van der Waals surface area contributed by atoms with E-state index in [4.69, 9.17) is 16.4 Å². The summed E-state index contributed by atoms with van der Waals surface area (Å²) in [6.45, 7) is 0. The number of halogens is 1. The quantitative estimate of drug-likeness (QED) is 0.163. The first kappa shape index (κ1) is 25.1. The summed E-state index contributed by atoms with van der Waals surface area (Å²) in [5, 5.41) is 11.9. The Hall–Kier alpha value is -5.21. The largest absolute Gasteiger partial charge is 0.326 e. The Labute approximate surface area is 233 Å². The molecule has 0 bridgehead atoms. The molecule has 4 aromatic carbocycles. The number of para-hydroxylation sites is 1. The van der Waals surface area contributed by atoms with Gasteiger partial charge in [0.25, 0.3) is 10.6 Å². The lowest BCUT2D eigenvalue weighted by molar-refractivity contribution is -0.711. The minimum absolute atomic E-state index is 0.287. The Kier molecular flexibility index (Phi) is 6.59. The van der Waals surface area contributed by atoms with E-state index in [1.54, 1.807) is 48.9 Å². The number of hydrogen-bond acceptors (Lipinski definition) is 5. The maximum absolute atomic E-state index is 13.9. The number of rotatable bonds is 7. The molecule has 1 unspecified atom stereocenters. The molecule has 0 saturated carbocycles. The zero-order valence-corrected chi connectivity index (χ0v) is 21.7. The van der Waals surface area contributed by atoms with E-state index in [1.807, 2.05) is 77.5 Å². The fourth-order valence-electron chi connectivity index (χ4n) is 5.05. The number of pyridine rings is 1. The third-order valence-corrected chi connectivity index (χ3v) is 6.97. The van der Waals surface area contributed by atoms with Crippen molar-refractivity contribution >= 4 is 22.5 Å². The van der Waals surface area contributed by atoms with Gasteiger partial charge in [-0.15, -0.1) is 10.1 Å². The zero-order chi connectivity index (χ0) is 27.6. The first-order chi connectivity index (χ1) is 19.5. The van der Waals surface area contributed by atoms with Gasteiger partial charge in [0.1, 0.15) is 0 Å². The van der Waals surface area contributed by atoms with Crippen molar-refractivity contribution in [3.8, 4) is 22.6 Å². The van der Waals surface area contributed by atoms with E-state index >= 15 is 0 Å². The molecule has 0 fully saturated rings. The fourth-order valence-corrected chi connectivity index (χ4v) is 5.17. The van der Waals surface area contributed by atoms with Crippen molar-refractivity contribution in [1.29, 1.82) is 0 Å². The molecule has 6 rings (SSSR count). The van der Waals surface area contributed by atoms with Crippen LogP contribution >= 0.6 is 11.6 Å². The third-order valence-electron chi connectivity index (χ3n) is 6.72. The maximum atomic E-state index is 13.9. The molecule has 8 nitrogen and oxygen atoms in total. The van der Waals surface area contributed by atoms with Crippen LogP contribution in [0.3, 0.4) is 0 Å². The highest BCUT2D eigenvalue weighted by Gasteiger charge is 2.24. The van der Waals surface area contributed by atoms with Crippen LogP contribution in [0.25, 0.3) is 27.7 Å². The third kappa shape index (κ3) is 4.61. The SMILES string of the molecule is O=c1c(O[N+](=O)[O-])c(-c2ccccc2)c2cc(C(c3ccc(Cl)cc3)n3ccnc3)ccc2n1-c1ccccc1. The molecule has 0 radical (unpaired) electrons. The van der Waals surface area contributed by atoms with Gasteiger partial charge >= 0.3 is 0 Å². The van der Waals surface area contributed by atoms with Crippen molar-refractivity contribution in [2.24, 2.45) is 0 Å². The van der Waals surface area contributed by atoms with Crippen molar-refractivity contribution in [2.45, 2.75) is 6.04 Å². The van der Waals surface area contributed by atoms with Crippen molar-refractivity contribution in [3.05, 3.63) is 158 Å². The van der Waals surface area contributed by atoms with Gasteiger partial charge in [-0.3, -0.25) is 14.2 Å². The van der Waals surface area contributed by atoms with E-state index in [2.05, 4.69) is 4.98 Å². The van der Waals surface area contributed by atoms with Gasteiger partial charge in [0.2, 0.25) is 0 Å². The average molecular weight is 549 g/mol. The Morgan fingerprint density at radius 2 is 1.55 bits per heavy atom. The van der Waals surface area contributed by atoms with Gasteiger partial charge < -0.3 is 4.57 Å². The van der Waals surface area contributed by atoms with Gasteiger partial charge in [0, 0.05) is 34.1 Å². The molecule has 0 aliphatic carbocycles. The van der Waals surface area contributed by atoms with E-state index < -0.39 is 10.6 Å². The first-order valence-electron chi connectivity index (χ1n) is 12.4. The van der Waals surface area contributed by atoms with E-state index in [0.717, 1.165) is 11.1 Å². The summed E-state index contributed by atoms with van der Waals surface area (Å²) in [6, 6.07) is 31.1. The molecule has 6 aromatic rings. The Bertz CT molecular complexity index is 1870. The highest BCUT2D eigenvalue weighted by molar-refractivity contribution is 6.30. The molecule has 0 spiro atoms. The van der Waals surface area contributed by atoms with Crippen LogP contribution in [0.1, 0.15) is 17.2 Å². The monoisotopic (exact) mass is 548 g/mol. The second-order valence-electron chi connectivity index (χ2n) is 9.10. The topological polar surface area (TPSA) is 92.2 Å². The minimum atomic E-state index is -0.948. The predicted octanol–water partition coefficient (Wildman–Crippen LogP) is 6.72. The standard InChI is InChI=1S/C31H21ClN4O4/c32-24-14-11-22(12-15-24)29(34-18-17-33-20-34)23-13-16-27-26(19-23)28(21-7-3-1-4-8-21)30(40-36(38)39)31(37)35(27)25-9-5-2-6-10-25/h1-20,29H. The molecule has 0 aliphatic rings. The number of fused-ring (bicyclic) bond motifs is 1. The number of imidazole rings is 1. The van der Waals surface area contributed by atoms with Crippen LogP contribution in [0.5, 0.6) is 5.75 Å².